The van der Waals surface area contributed by atoms with E-state index in [1.54, 1.807) is 19.1 Å². The maximum absolute atomic E-state index is 12.0. The van der Waals surface area contributed by atoms with Gasteiger partial charge in [0.05, 0.1) is 10.9 Å². The van der Waals surface area contributed by atoms with Crippen molar-refractivity contribution >= 4 is 15.7 Å². The zero-order valence-corrected chi connectivity index (χ0v) is 14.0. The van der Waals surface area contributed by atoms with Gasteiger partial charge in [-0.15, -0.1) is 0 Å². The number of aromatic nitrogens is 2. The van der Waals surface area contributed by atoms with E-state index in [0.29, 0.717) is 0 Å². The van der Waals surface area contributed by atoms with Crippen LogP contribution in [0.1, 0.15) is 18.5 Å². The lowest BCUT2D eigenvalue weighted by Gasteiger charge is -2.15. The first-order chi connectivity index (χ1) is 11.2. The summed E-state index contributed by atoms with van der Waals surface area (Å²) >= 11 is 0. The van der Waals surface area contributed by atoms with E-state index in [-0.39, 0.29) is 17.5 Å². The molecule has 2 rings (SSSR count). The summed E-state index contributed by atoms with van der Waals surface area (Å²) in [5, 5.41) is 2.70. The number of sulfone groups is 1. The van der Waals surface area contributed by atoms with Crippen molar-refractivity contribution in [2.75, 3.05) is 6.26 Å². The second-order valence-corrected chi connectivity index (χ2v) is 7.38. The number of aromatic amines is 1. The minimum atomic E-state index is -3.27. The number of hydrogen-bond acceptors (Lipinski definition) is 5. The van der Waals surface area contributed by atoms with Crippen molar-refractivity contribution in [2.24, 2.45) is 0 Å². The van der Waals surface area contributed by atoms with Crippen LogP contribution in [0.3, 0.4) is 0 Å². The highest BCUT2D eigenvalue weighted by molar-refractivity contribution is 7.90. The van der Waals surface area contributed by atoms with Crippen LogP contribution in [0.5, 0.6) is 0 Å². The van der Waals surface area contributed by atoms with Gasteiger partial charge in [0.1, 0.15) is 6.54 Å². The normalized spacial score (nSPS) is 12.6. The molecule has 1 heterocycles. The van der Waals surface area contributed by atoms with Gasteiger partial charge in [-0.05, 0) is 24.6 Å². The van der Waals surface area contributed by atoms with Crippen molar-refractivity contribution in [2.45, 2.75) is 24.4 Å². The maximum Gasteiger partial charge on any atom is 0.328 e. The molecule has 0 fully saturated rings. The first kappa shape index (κ1) is 17.7. The smallest absolute Gasteiger partial charge is 0.328 e. The Hall–Kier alpha value is -2.68. The van der Waals surface area contributed by atoms with Crippen molar-refractivity contribution < 1.29 is 13.2 Å². The Morgan fingerprint density at radius 3 is 2.38 bits per heavy atom. The Morgan fingerprint density at radius 1 is 1.21 bits per heavy atom. The molecule has 0 spiro atoms. The second kappa shape index (κ2) is 6.83. The van der Waals surface area contributed by atoms with Crippen LogP contribution in [0.2, 0.25) is 0 Å². The van der Waals surface area contributed by atoms with Gasteiger partial charge in [0.2, 0.25) is 5.91 Å². The molecular formula is C15H17N3O5S. The van der Waals surface area contributed by atoms with Crippen LogP contribution in [0, 0.1) is 0 Å². The Bertz CT molecular complexity index is 958. The molecule has 1 aromatic carbocycles. The molecule has 1 amide bonds. The Kier molecular flexibility index (Phi) is 5.03. The predicted octanol–water partition coefficient (Wildman–Crippen LogP) is -0.182. The molecule has 1 atom stereocenters. The van der Waals surface area contributed by atoms with Gasteiger partial charge in [0.15, 0.2) is 9.84 Å². The van der Waals surface area contributed by atoms with Gasteiger partial charge < -0.3 is 5.32 Å². The fraction of sp³-hybridized carbons (Fsp3) is 0.267. The first-order valence-electron chi connectivity index (χ1n) is 7.06. The number of carbonyl (C=O) groups excluding carboxylic acids is 1. The SMILES string of the molecule is C[C@@H](NC(=O)Cn1ccc(=O)[nH]c1=O)c1ccc(S(C)(=O)=O)cc1. The van der Waals surface area contributed by atoms with Crippen LogP contribution in [-0.2, 0) is 21.2 Å². The lowest BCUT2D eigenvalue weighted by Crippen LogP contribution is -2.36. The fourth-order valence-corrected chi connectivity index (χ4v) is 2.73. The van der Waals surface area contributed by atoms with Gasteiger partial charge in [0.25, 0.3) is 5.56 Å². The monoisotopic (exact) mass is 351 g/mol. The van der Waals surface area contributed by atoms with Crippen molar-refractivity contribution in [3.63, 3.8) is 0 Å². The summed E-state index contributed by atoms with van der Waals surface area (Å²) in [5.74, 6) is -0.413. The largest absolute Gasteiger partial charge is 0.348 e. The minimum Gasteiger partial charge on any atom is -0.348 e. The second-order valence-electron chi connectivity index (χ2n) is 5.37. The average Bonchev–Trinajstić information content (AvgIpc) is 2.49. The van der Waals surface area contributed by atoms with Crippen molar-refractivity contribution in [1.82, 2.24) is 14.9 Å². The van der Waals surface area contributed by atoms with Crippen LogP contribution in [0.4, 0.5) is 0 Å². The number of amides is 1. The van der Waals surface area contributed by atoms with E-state index in [1.165, 1.54) is 18.3 Å². The van der Waals surface area contributed by atoms with Gasteiger partial charge in [-0.3, -0.25) is 19.1 Å². The summed E-state index contributed by atoms with van der Waals surface area (Å²) < 4.78 is 23.9. The maximum atomic E-state index is 12.0. The number of nitrogens with one attached hydrogen (secondary N) is 2. The van der Waals surface area contributed by atoms with Gasteiger partial charge in [0, 0.05) is 18.5 Å². The molecule has 0 bridgehead atoms. The quantitative estimate of drug-likeness (QED) is 0.774. The molecule has 0 aliphatic rings. The number of carbonyl (C=O) groups is 1. The molecule has 0 saturated carbocycles. The molecule has 0 radical (unpaired) electrons. The molecule has 24 heavy (non-hydrogen) atoms. The zero-order valence-electron chi connectivity index (χ0n) is 13.1. The fourth-order valence-electron chi connectivity index (χ4n) is 2.10. The lowest BCUT2D eigenvalue weighted by molar-refractivity contribution is -0.122. The summed E-state index contributed by atoms with van der Waals surface area (Å²) in [6.07, 6.45) is 2.36. The van der Waals surface area contributed by atoms with Crippen molar-refractivity contribution in [1.29, 1.82) is 0 Å². The van der Waals surface area contributed by atoms with Crippen LogP contribution in [-0.4, -0.2) is 30.1 Å². The molecule has 1 aromatic heterocycles. The van der Waals surface area contributed by atoms with Crippen LogP contribution in [0.15, 0.2) is 51.0 Å². The summed E-state index contributed by atoms with van der Waals surface area (Å²) in [6, 6.07) is 6.97. The molecule has 128 valence electrons. The van der Waals surface area contributed by atoms with Gasteiger partial charge in [-0.2, -0.15) is 0 Å². The third-order valence-corrected chi connectivity index (χ3v) is 4.53. The van der Waals surface area contributed by atoms with Gasteiger partial charge >= 0.3 is 5.69 Å². The molecule has 0 saturated heterocycles. The molecule has 0 aliphatic heterocycles. The van der Waals surface area contributed by atoms with E-state index >= 15 is 0 Å². The third kappa shape index (κ3) is 4.42. The van der Waals surface area contributed by atoms with Crippen LogP contribution < -0.4 is 16.6 Å². The van der Waals surface area contributed by atoms with Crippen molar-refractivity contribution in [3.8, 4) is 0 Å². The minimum absolute atomic E-state index is 0.199. The highest BCUT2D eigenvalue weighted by atomic mass is 32.2. The summed E-state index contributed by atoms with van der Waals surface area (Å²) in [4.78, 5) is 36.8. The van der Waals surface area contributed by atoms with E-state index in [1.807, 2.05) is 0 Å². The number of hydrogen-bond donors (Lipinski definition) is 2. The zero-order chi connectivity index (χ0) is 17.9. The Labute approximate surface area is 138 Å². The summed E-state index contributed by atoms with van der Waals surface area (Å²) in [5.41, 5.74) is -0.469. The van der Waals surface area contributed by atoms with E-state index in [9.17, 15) is 22.8 Å². The Morgan fingerprint density at radius 2 is 1.83 bits per heavy atom. The van der Waals surface area contributed by atoms with Crippen LogP contribution >= 0.6 is 0 Å². The predicted molar refractivity (Wildman–Crippen MR) is 87.4 cm³/mol. The summed E-state index contributed by atoms with van der Waals surface area (Å²) in [6.45, 7) is 1.50. The lowest BCUT2D eigenvalue weighted by atomic mass is 10.1. The molecular weight excluding hydrogens is 334 g/mol. The van der Waals surface area contributed by atoms with Gasteiger partial charge in [-0.1, -0.05) is 12.1 Å². The highest BCUT2D eigenvalue weighted by Gasteiger charge is 2.12. The topological polar surface area (TPSA) is 118 Å². The number of nitrogens with zero attached hydrogens (tertiary/aromatic N) is 1. The van der Waals surface area contributed by atoms with E-state index in [4.69, 9.17) is 0 Å². The molecule has 9 heteroatoms. The Balaban J connectivity index is 2.06. The first-order valence-corrected chi connectivity index (χ1v) is 8.95. The van der Waals surface area contributed by atoms with Crippen molar-refractivity contribution in [3.05, 3.63) is 62.9 Å². The summed E-state index contributed by atoms with van der Waals surface area (Å²) in [7, 11) is -3.27. The third-order valence-electron chi connectivity index (χ3n) is 3.40. The number of H-pyrrole nitrogens is 1. The standard InChI is InChI=1S/C15H17N3O5S/c1-10(11-3-5-12(6-4-11)24(2,22)23)16-14(20)9-18-8-7-13(19)17-15(18)21/h3-8,10H,9H2,1-2H3,(H,16,20)(H,17,19,21)/t10-/m1/s1. The molecule has 2 aromatic rings. The molecule has 8 nitrogen and oxygen atoms in total. The van der Waals surface area contributed by atoms with E-state index in [2.05, 4.69) is 10.3 Å². The molecule has 0 unspecified atom stereocenters. The van der Waals surface area contributed by atoms with Crippen LogP contribution in [0.25, 0.3) is 0 Å². The highest BCUT2D eigenvalue weighted by Crippen LogP contribution is 2.16. The molecule has 2 N–H and O–H groups in total. The van der Waals surface area contributed by atoms with E-state index < -0.39 is 27.0 Å². The average molecular weight is 351 g/mol. The number of benzene rings is 1. The van der Waals surface area contributed by atoms with E-state index in [0.717, 1.165) is 22.5 Å². The number of rotatable bonds is 5. The molecule has 0 aliphatic carbocycles. The van der Waals surface area contributed by atoms with Gasteiger partial charge in [-0.25, -0.2) is 13.2 Å².